The molecule has 0 heterocycles. The lowest BCUT2D eigenvalue weighted by atomic mass is 10.1. The molecule has 0 fully saturated rings. The van der Waals surface area contributed by atoms with Crippen LogP contribution in [0.15, 0.2) is 11.9 Å². The molecule has 0 aliphatic carbocycles. The predicted molar refractivity (Wildman–Crippen MR) is 56.6 cm³/mol. The van der Waals surface area contributed by atoms with E-state index in [9.17, 15) is 0 Å². The van der Waals surface area contributed by atoms with Gasteiger partial charge in [-0.2, -0.15) is 0 Å². The summed E-state index contributed by atoms with van der Waals surface area (Å²) in [5.41, 5.74) is 6.31. The zero-order valence-electron chi connectivity index (χ0n) is 8.88. The third-order valence-corrected chi connectivity index (χ3v) is 2.24. The van der Waals surface area contributed by atoms with Crippen LogP contribution in [0.25, 0.3) is 0 Å². The van der Waals surface area contributed by atoms with Crippen LogP contribution in [0.3, 0.4) is 0 Å². The normalized spacial score (nSPS) is 14.3. The largest absolute Gasteiger partial charge is 0.403 e. The van der Waals surface area contributed by atoms with E-state index < -0.39 is 0 Å². The van der Waals surface area contributed by atoms with Gasteiger partial charge in [-0.3, -0.25) is 0 Å². The average Bonchev–Trinajstić information content (AvgIpc) is 2.17. The molecule has 0 aliphatic rings. The van der Waals surface area contributed by atoms with Gasteiger partial charge in [0.2, 0.25) is 0 Å². The van der Waals surface area contributed by atoms with Gasteiger partial charge < -0.3 is 16.1 Å². The quantitative estimate of drug-likeness (QED) is 0.414. The Balaban J connectivity index is 4.06. The van der Waals surface area contributed by atoms with E-state index in [4.69, 9.17) is 11.6 Å². The summed E-state index contributed by atoms with van der Waals surface area (Å²) in [6.45, 7) is 5.02. The molecule has 4 heteroatoms. The van der Waals surface area contributed by atoms with Gasteiger partial charge in [0.1, 0.15) is 0 Å². The van der Waals surface area contributed by atoms with E-state index in [-0.39, 0.29) is 0 Å². The lowest BCUT2D eigenvalue weighted by Crippen LogP contribution is -2.40. The summed E-state index contributed by atoms with van der Waals surface area (Å²) >= 11 is 0. The number of allylic oxidation sites excluding steroid dienone is 1. The minimum absolute atomic E-state index is 0.368. The van der Waals surface area contributed by atoms with E-state index in [1.54, 1.807) is 11.2 Å². The van der Waals surface area contributed by atoms with Crippen LogP contribution in [0.1, 0.15) is 26.7 Å². The molecular weight excluding hydrogens is 164 g/mol. The molecule has 13 heavy (non-hydrogen) atoms. The van der Waals surface area contributed by atoms with Gasteiger partial charge in [0.25, 0.3) is 0 Å². The molecule has 0 bridgehead atoms. The van der Waals surface area contributed by atoms with Crippen LogP contribution in [0.4, 0.5) is 0 Å². The van der Waals surface area contributed by atoms with Crippen LogP contribution in [0.2, 0.25) is 0 Å². The molecule has 0 rings (SSSR count). The van der Waals surface area contributed by atoms with Crippen molar-refractivity contribution in [2.24, 2.45) is 11.6 Å². The first-order valence-corrected chi connectivity index (χ1v) is 4.74. The van der Waals surface area contributed by atoms with Gasteiger partial charge in [0, 0.05) is 17.9 Å². The van der Waals surface area contributed by atoms with E-state index in [0.29, 0.717) is 6.04 Å². The summed E-state index contributed by atoms with van der Waals surface area (Å²) in [5, 5.41) is 4.86. The van der Waals surface area contributed by atoms with Crippen LogP contribution in [-0.4, -0.2) is 24.6 Å². The molecule has 5 N–H and O–H groups in total. The summed E-state index contributed by atoms with van der Waals surface area (Å²) in [7, 11) is 1.94. The number of nitrogens with two attached hydrogens (primary N) is 2. The highest BCUT2D eigenvalue weighted by Gasteiger charge is 2.12. The van der Waals surface area contributed by atoms with Crippen molar-refractivity contribution in [1.82, 2.24) is 10.3 Å². The Morgan fingerprint density at radius 3 is 2.62 bits per heavy atom. The number of hydrogen-bond acceptors (Lipinski definition) is 4. The van der Waals surface area contributed by atoms with Crippen molar-refractivity contribution < 1.29 is 0 Å². The Morgan fingerprint density at radius 2 is 2.23 bits per heavy atom. The fraction of sp³-hybridized carbons (Fsp3) is 0.778. The summed E-state index contributed by atoms with van der Waals surface area (Å²) in [6.07, 6.45) is 3.61. The smallest absolute Gasteiger partial charge is 0.0458 e. The van der Waals surface area contributed by atoms with E-state index >= 15 is 0 Å². The fourth-order valence-electron chi connectivity index (χ4n) is 1.22. The Morgan fingerprint density at radius 1 is 1.62 bits per heavy atom. The van der Waals surface area contributed by atoms with E-state index in [1.165, 1.54) is 0 Å². The number of hydrogen-bond donors (Lipinski definition) is 3. The van der Waals surface area contributed by atoms with Crippen molar-refractivity contribution in [2.75, 3.05) is 13.6 Å². The lowest BCUT2D eigenvalue weighted by molar-refractivity contribution is 0.238. The van der Waals surface area contributed by atoms with E-state index in [2.05, 4.69) is 12.2 Å². The number of nitrogens with one attached hydrogen (secondary N) is 1. The highest BCUT2D eigenvalue weighted by Crippen LogP contribution is 2.08. The van der Waals surface area contributed by atoms with Crippen LogP contribution >= 0.6 is 0 Å². The van der Waals surface area contributed by atoms with Crippen molar-refractivity contribution in [2.45, 2.75) is 32.7 Å². The third kappa shape index (κ3) is 4.15. The van der Waals surface area contributed by atoms with Crippen molar-refractivity contribution >= 4 is 0 Å². The summed E-state index contributed by atoms with van der Waals surface area (Å²) in [4.78, 5) is 0. The maximum Gasteiger partial charge on any atom is 0.0458 e. The molecule has 0 saturated heterocycles. The molecule has 0 aliphatic heterocycles. The first-order chi connectivity index (χ1) is 6.17. The Hall–Kier alpha value is -0.740. The van der Waals surface area contributed by atoms with Gasteiger partial charge in [-0.1, -0.05) is 6.92 Å². The Bertz CT molecular complexity index is 156. The minimum Gasteiger partial charge on any atom is -0.403 e. The zero-order chi connectivity index (χ0) is 10.3. The second kappa shape index (κ2) is 6.74. The van der Waals surface area contributed by atoms with Gasteiger partial charge in [-0.05, 0) is 33.4 Å². The minimum atomic E-state index is 0.368. The van der Waals surface area contributed by atoms with Crippen molar-refractivity contribution in [3.05, 3.63) is 11.9 Å². The molecule has 4 nitrogen and oxygen atoms in total. The van der Waals surface area contributed by atoms with E-state index in [0.717, 1.165) is 25.1 Å². The van der Waals surface area contributed by atoms with E-state index in [1.807, 2.05) is 14.0 Å². The predicted octanol–water partition coefficient (Wildman–Crippen LogP) is 0.370. The highest BCUT2D eigenvalue weighted by molar-refractivity contribution is 4.94. The van der Waals surface area contributed by atoms with Crippen LogP contribution < -0.4 is 16.9 Å². The first-order valence-electron chi connectivity index (χ1n) is 4.74. The van der Waals surface area contributed by atoms with Gasteiger partial charge in [0.05, 0.1) is 0 Å². The zero-order valence-corrected chi connectivity index (χ0v) is 8.88. The monoisotopic (exact) mass is 186 g/mol. The summed E-state index contributed by atoms with van der Waals surface area (Å²) in [5.74, 6) is 5.88. The standard InChI is InChI=1S/C9H22N4/c1-4-9(5-6-12-3)13(11)8(2)7-10/h7,9,12H,4-6,10-11H2,1-3H3/b8-7-. The molecule has 0 radical (unpaired) electrons. The molecule has 0 spiro atoms. The molecular formula is C9H22N4. The highest BCUT2D eigenvalue weighted by atomic mass is 15.4. The van der Waals surface area contributed by atoms with Crippen LogP contribution in [0, 0.1) is 0 Å². The number of hydrazine groups is 1. The number of nitrogens with zero attached hydrogens (tertiary/aromatic N) is 1. The second-order valence-corrected chi connectivity index (χ2v) is 3.17. The SMILES string of the molecule is CCC(CCNC)N(N)/C(C)=C\N. The molecule has 78 valence electrons. The van der Waals surface area contributed by atoms with Crippen LogP contribution in [-0.2, 0) is 0 Å². The second-order valence-electron chi connectivity index (χ2n) is 3.17. The van der Waals surface area contributed by atoms with Gasteiger partial charge in [-0.25, -0.2) is 5.84 Å². The summed E-state index contributed by atoms with van der Waals surface area (Å²) in [6, 6.07) is 0.368. The fourth-order valence-corrected chi connectivity index (χ4v) is 1.22. The van der Waals surface area contributed by atoms with Gasteiger partial charge in [-0.15, -0.1) is 0 Å². The maximum absolute atomic E-state index is 5.88. The summed E-state index contributed by atoms with van der Waals surface area (Å²) < 4.78 is 0. The van der Waals surface area contributed by atoms with Gasteiger partial charge in [0.15, 0.2) is 0 Å². The Labute approximate surface area is 80.9 Å². The lowest BCUT2D eigenvalue weighted by Gasteiger charge is -2.28. The maximum atomic E-state index is 5.88. The molecule has 0 amide bonds. The molecule has 0 saturated carbocycles. The molecule has 1 unspecified atom stereocenters. The molecule has 1 atom stereocenters. The van der Waals surface area contributed by atoms with Crippen LogP contribution in [0.5, 0.6) is 0 Å². The van der Waals surface area contributed by atoms with Crippen molar-refractivity contribution in [3.63, 3.8) is 0 Å². The first kappa shape index (κ1) is 12.3. The van der Waals surface area contributed by atoms with Gasteiger partial charge >= 0.3 is 0 Å². The Kier molecular flexibility index (Phi) is 6.36. The topological polar surface area (TPSA) is 67.3 Å². The average molecular weight is 186 g/mol. The molecule has 0 aromatic heterocycles. The molecule has 0 aromatic carbocycles. The molecule has 0 aromatic rings. The van der Waals surface area contributed by atoms with Crippen molar-refractivity contribution in [1.29, 1.82) is 0 Å². The third-order valence-electron chi connectivity index (χ3n) is 2.24. The van der Waals surface area contributed by atoms with Crippen molar-refractivity contribution in [3.8, 4) is 0 Å². The number of rotatable bonds is 6.